The van der Waals surface area contributed by atoms with Crippen molar-refractivity contribution in [2.24, 2.45) is 4.99 Å². The standard InChI is InChI=1S/C25H26FN3O2S/c1-17-7-6-8-18(2)28(17)23(30)16-32-25-27-22(15-19-9-4-3-5-10-19)24(31)29(25)21-13-11-20(26)12-14-21/h3-5,9-15,17-18H,6-8,16H2,1-2H3. The molecule has 2 unspecified atom stereocenters. The number of amides is 2. The summed E-state index contributed by atoms with van der Waals surface area (Å²) in [5.41, 5.74) is 1.67. The Balaban J connectivity index is 1.59. The summed E-state index contributed by atoms with van der Waals surface area (Å²) in [4.78, 5) is 34.2. The van der Waals surface area contributed by atoms with Crippen LogP contribution in [0.2, 0.25) is 0 Å². The maximum Gasteiger partial charge on any atom is 0.283 e. The highest BCUT2D eigenvalue weighted by Gasteiger charge is 2.34. The quantitative estimate of drug-likeness (QED) is 0.609. The van der Waals surface area contributed by atoms with Gasteiger partial charge < -0.3 is 4.90 Å². The van der Waals surface area contributed by atoms with E-state index < -0.39 is 0 Å². The maximum absolute atomic E-state index is 13.5. The van der Waals surface area contributed by atoms with Gasteiger partial charge in [-0.2, -0.15) is 0 Å². The van der Waals surface area contributed by atoms with Crippen LogP contribution in [-0.2, 0) is 9.59 Å². The Morgan fingerprint density at radius 1 is 1.09 bits per heavy atom. The SMILES string of the molecule is CC1CCCC(C)N1C(=O)CSC1=NC(=Cc2ccccc2)C(=O)N1c1ccc(F)cc1. The summed E-state index contributed by atoms with van der Waals surface area (Å²) in [6.45, 7) is 4.17. The average molecular weight is 452 g/mol. The largest absolute Gasteiger partial charge is 0.337 e. The summed E-state index contributed by atoms with van der Waals surface area (Å²) >= 11 is 1.24. The van der Waals surface area contributed by atoms with Crippen molar-refractivity contribution in [3.05, 3.63) is 71.7 Å². The first kappa shape index (κ1) is 22.3. The molecule has 5 nitrogen and oxygen atoms in total. The number of carbonyl (C=O) groups excluding carboxylic acids is 2. The van der Waals surface area contributed by atoms with E-state index >= 15 is 0 Å². The first-order valence-corrected chi connectivity index (χ1v) is 11.8. The number of aliphatic imine (C=N–C) groups is 1. The first-order chi connectivity index (χ1) is 15.4. The second-order valence-corrected chi connectivity index (χ2v) is 9.11. The molecule has 32 heavy (non-hydrogen) atoms. The second-order valence-electron chi connectivity index (χ2n) is 8.17. The molecule has 2 aliphatic rings. The number of thioether (sulfide) groups is 1. The van der Waals surface area contributed by atoms with Gasteiger partial charge in [-0.15, -0.1) is 0 Å². The van der Waals surface area contributed by atoms with Crippen LogP contribution in [0, 0.1) is 5.82 Å². The highest BCUT2D eigenvalue weighted by molar-refractivity contribution is 8.14. The predicted molar refractivity (Wildman–Crippen MR) is 128 cm³/mol. The van der Waals surface area contributed by atoms with Gasteiger partial charge in [-0.05, 0) is 69.0 Å². The Hall–Kier alpha value is -2.93. The van der Waals surface area contributed by atoms with Crippen molar-refractivity contribution >= 4 is 40.5 Å². The number of hydrogen-bond donors (Lipinski definition) is 0. The van der Waals surface area contributed by atoms with Crippen LogP contribution in [0.15, 0.2) is 65.3 Å². The number of amidine groups is 1. The molecule has 0 bridgehead atoms. The van der Waals surface area contributed by atoms with Crippen molar-refractivity contribution in [3.63, 3.8) is 0 Å². The lowest BCUT2D eigenvalue weighted by atomic mass is 9.98. The van der Waals surface area contributed by atoms with Gasteiger partial charge in [0.15, 0.2) is 5.17 Å². The molecule has 0 radical (unpaired) electrons. The zero-order valence-electron chi connectivity index (χ0n) is 18.2. The minimum atomic E-state index is -0.380. The zero-order chi connectivity index (χ0) is 22.7. The van der Waals surface area contributed by atoms with Gasteiger partial charge in [0.05, 0.1) is 11.4 Å². The van der Waals surface area contributed by atoms with E-state index in [4.69, 9.17) is 0 Å². The lowest BCUT2D eigenvalue weighted by Gasteiger charge is -2.39. The Bertz CT molecular complexity index is 1040. The fourth-order valence-corrected chi connectivity index (χ4v) is 5.11. The molecule has 2 aromatic rings. The van der Waals surface area contributed by atoms with Crippen molar-refractivity contribution < 1.29 is 14.0 Å². The summed E-state index contributed by atoms with van der Waals surface area (Å²) in [5.74, 6) is -0.439. The number of nitrogens with zero attached hydrogens (tertiary/aromatic N) is 3. The molecule has 2 heterocycles. The van der Waals surface area contributed by atoms with Crippen LogP contribution in [0.4, 0.5) is 10.1 Å². The smallest absolute Gasteiger partial charge is 0.283 e. The van der Waals surface area contributed by atoms with E-state index in [1.807, 2.05) is 35.2 Å². The highest BCUT2D eigenvalue weighted by atomic mass is 32.2. The van der Waals surface area contributed by atoms with Crippen LogP contribution in [-0.4, -0.2) is 39.7 Å². The Morgan fingerprint density at radius 2 is 1.75 bits per heavy atom. The van der Waals surface area contributed by atoms with Gasteiger partial charge in [-0.3, -0.25) is 14.5 Å². The van der Waals surface area contributed by atoms with E-state index in [0.29, 0.717) is 10.9 Å². The van der Waals surface area contributed by atoms with Crippen molar-refractivity contribution in [2.45, 2.75) is 45.2 Å². The zero-order valence-corrected chi connectivity index (χ0v) is 19.0. The molecule has 0 saturated carbocycles. The molecule has 0 N–H and O–H groups in total. The minimum Gasteiger partial charge on any atom is -0.337 e. The number of anilines is 1. The molecule has 4 rings (SSSR count). The van der Waals surface area contributed by atoms with Crippen LogP contribution in [0.3, 0.4) is 0 Å². The molecule has 0 aromatic heterocycles. The van der Waals surface area contributed by atoms with Crippen LogP contribution in [0.5, 0.6) is 0 Å². The van der Waals surface area contributed by atoms with E-state index in [9.17, 15) is 14.0 Å². The highest BCUT2D eigenvalue weighted by Crippen LogP contribution is 2.30. The van der Waals surface area contributed by atoms with Crippen molar-refractivity contribution in [3.8, 4) is 0 Å². The number of piperidine rings is 1. The molecule has 2 aliphatic heterocycles. The van der Waals surface area contributed by atoms with Crippen molar-refractivity contribution in [1.29, 1.82) is 0 Å². The Labute approximate surface area is 192 Å². The molecule has 2 amide bonds. The van der Waals surface area contributed by atoms with Gasteiger partial charge in [-0.1, -0.05) is 42.1 Å². The van der Waals surface area contributed by atoms with Crippen LogP contribution in [0.1, 0.15) is 38.7 Å². The first-order valence-electron chi connectivity index (χ1n) is 10.8. The summed E-state index contributed by atoms with van der Waals surface area (Å²) < 4.78 is 13.5. The number of benzene rings is 2. The van der Waals surface area contributed by atoms with E-state index in [1.165, 1.54) is 28.8 Å². The molecular formula is C25H26FN3O2S. The third kappa shape index (κ3) is 4.78. The number of hydrogen-bond acceptors (Lipinski definition) is 4. The Morgan fingerprint density at radius 3 is 2.41 bits per heavy atom. The molecule has 1 saturated heterocycles. The topological polar surface area (TPSA) is 53.0 Å². The molecule has 2 aromatic carbocycles. The third-order valence-corrected chi connectivity index (χ3v) is 6.75. The van der Waals surface area contributed by atoms with Crippen molar-refractivity contribution in [2.75, 3.05) is 10.7 Å². The Kier molecular flexibility index (Phi) is 6.74. The van der Waals surface area contributed by atoms with Gasteiger partial charge >= 0.3 is 0 Å². The molecule has 7 heteroatoms. The monoisotopic (exact) mass is 451 g/mol. The van der Waals surface area contributed by atoms with E-state index in [-0.39, 0.29) is 41.2 Å². The molecule has 1 fully saturated rings. The van der Waals surface area contributed by atoms with E-state index in [1.54, 1.807) is 18.2 Å². The van der Waals surface area contributed by atoms with Gasteiger partial charge in [0.2, 0.25) is 5.91 Å². The molecule has 2 atom stereocenters. The van der Waals surface area contributed by atoms with Gasteiger partial charge in [0.25, 0.3) is 5.91 Å². The molecule has 0 spiro atoms. The number of carbonyl (C=O) groups is 2. The van der Waals surface area contributed by atoms with Gasteiger partial charge in [0.1, 0.15) is 11.5 Å². The summed E-state index contributed by atoms with van der Waals surface area (Å²) in [7, 11) is 0. The number of likely N-dealkylation sites (tertiary alicyclic amines) is 1. The van der Waals surface area contributed by atoms with Gasteiger partial charge in [-0.25, -0.2) is 9.38 Å². The summed E-state index contributed by atoms with van der Waals surface area (Å²) in [5, 5.41) is 0.425. The van der Waals surface area contributed by atoms with Crippen LogP contribution < -0.4 is 4.90 Å². The van der Waals surface area contributed by atoms with E-state index in [0.717, 1.165) is 24.8 Å². The summed E-state index contributed by atoms with van der Waals surface area (Å²) in [6, 6.07) is 15.6. The normalized spacial score (nSPS) is 22.4. The van der Waals surface area contributed by atoms with Gasteiger partial charge in [0, 0.05) is 12.1 Å². The fraction of sp³-hybridized carbons (Fsp3) is 0.320. The number of rotatable bonds is 4. The minimum absolute atomic E-state index is 0.0457. The molecule has 166 valence electrons. The summed E-state index contributed by atoms with van der Waals surface area (Å²) in [6.07, 6.45) is 4.87. The maximum atomic E-state index is 13.5. The second kappa shape index (κ2) is 9.69. The lowest BCUT2D eigenvalue weighted by molar-refractivity contribution is -0.134. The van der Waals surface area contributed by atoms with E-state index in [2.05, 4.69) is 18.8 Å². The predicted octanol–water partition coefficient (Wildman–Crippen LogP) is 5.09. The lowest BCUT2D eigenvalue weighted by Crippen LogP contribution is -2.48. The third-order valence-electron chi connectivity index (χ3n) is 5.82. The molecule has 0 aliphatic carbocycles. The number of halogens is 1. The van der Waals surface area contributed by atoms with Crippen molar-refractivity contribution in [1.82, 2.24) is 4.90 Å². The molecular weight excluding hydrogens is 425 g/mol. The van der Waals surface area contributed by atoms with Crippen LogP contribution in [0.25, 0.3) is 6.08 Å². The fourth-order valence-electron chi connectivity index (χ4n) is 4.23. The van der Waals surface area contributed by atoms with Crippen LogP contribution >= 0.6 is 11.8 Å². The average Bonchev–Trinajstić information content (AvgIpc) is 3.08.